The summed E-state index contributed by atoms with van der Waals surface area (Å²) in [5, 5.41) is 16.1. The van der Waals surface area contributed by atoms with Crippen LogP contribution in [0, 0.1) is 6.92 Å². The molecule has 6 nitrogen and oxygen atoms in total. The van der Waals surface area contributed by atoms with Crippen LogP contribution in [0.2, 0.25) is 5.02 Å². The van der Waals surface area contributed by atoms with E-state index in [0.29, 0.717) is 42.7 Å². The van der Waals surface area contributed by atoms with Gasteiger partial charge >= 0.3 is 0 Å². The van der Waals surface area contributed by atoms with E-state index < -0.39 is 6.10 Å². The van der Waals surface area contributed by atoms with Crippen molar-refractivity contribution in [2.45, 2.75) is 39.0 Å². The fourth-order valence-electron chi connectivity index (χ4n) is 3.91. The number of furan rings is 1. The van der Waals surface area contributed by atoms with Gasteiger partial charge in [-0.3, -0.25) is 4.90 Å². The monoisotopic (exact) mass is 491 g/mol. The maximum Gasteiger partial charge on any atom is 0.227 e. The second-order valence-corrected chi connectivity index (χ2v) is 8.88. The Morgan fingerprint density at radius 3 is 2.57 bits per heavy atom. The molecule has 0 aliphatic carbocycles. The molecule has 0 saturated heterocycles. The van der Waals surface area contributed by atoms with E-state index in [9.17, 15) is 5.11 Å². The van der Waals surface area contributed by atoms with Crippen molar-refractivity contribution in [2.75, 3.05) is 6.54 Å². The molecule has 0 spiro atoms. The van der Waals surface area contributed by atoms with Crippen LogP contribution < -0.4 is 4.74 Å². The zero-order chi connectivity index (χ0) is 24.6. The Kier molecular flexibility index (Phi) is 8.42. The van der Waals surface area contributed by atoms with Gasteiger partial charge in [0.15, 0.2) is 0 Å². The van der Waals surface area contributed by atoms with Crippen LogP contribution in [-0.2, 0) is 13.1 Å². The topological polar surface area (TPSA) is 63.7 Å². The average molecular weight is 492 g/mol. The maximum absolute atomic E-state index is 10.7. The molecule has 0 radical (unpaired) electrons. The number of aromatic nitrogens is 2. The summed E-state index contributed by atoms with van der Waals surface area (Å²) in [6, 6.07) is 21.0. The Balaban J connectivity index is 1.69. The number of halogens is 1. The van der Waals surface area contributed by atoms with Crippen LogP contribution in [0.15, 0.2) is 90.1 Å². The molecule has 0 bridgehead atoms. The molecule has 0 saturated carbocycles. The first-order chi connectivity index (χ1) is 17.0. The number of allylic oxidation sites excluding steroid dienone is 1. The van der Waals surface area contributed by atoms with Crippen molar-refractivity contribution in [3.63, 3.8) is 0 Å². The first-order valence-electron chi connectivity index (χ1n) is 11.6. The predicted octanol–water partition coefficient (Wildman–Crippen LogP) is 6.55. The van der Waals surface area contributed by atoms with E-state index in [0.717, 1.165) is 29.1 Å². The molecule has 2 aromatic carbocycles. The largest absolute Gasteiger partial charge is 0.468 e. The summed E-state index contributed by atoms with van der Waals surface area (Å²) in [5.41, 5.74) is 2.68. The molecule has 2 heterocycles. The molecule has 0 unspecified atom stereocenters. The lowest BCUT2D eigenvalue weighted by Gasteiger charge is -2.24. The van der Waals surface area contributed by atoms with Gasteiger partial charge in [0.2, 0.25) is 5.88 Å². The molecule has 0 fully saturated rings. The van der Waals surface area contributed by atoms with E-state index >= 15 is 0 Å². The van der Waals surface area contributed by atoms with Crippen molar-refractivity contribution in [3.8, 4) is 17.3 Å². The number of nitrogens with zero attached hydrogens (tertiary/aromatic N) is 3. The Bertz CT molecular complexity index is 1200. The minimum atomic E-state index is -0.493. The average Bonchev–Trinajstić information content (AvgIpc) is 3.48. The van der Waals surface area contributed by atoms with Gasteiger partial charge in [0.1, 0.15) is 11.5 Å². The van der Waals surface area contributed by atoms with Gasteiger partial charge in [-0.1, -0.05) is 35.9 Å². The molecule has 7 heteroatoms. The molecular formula is C28H30ClN3O3. The molecular weight excluding hydrogens is 462 g/mol. The number of aryl methyl sites for hydroxylation is 1. The molecule has 4 rings (SSSR count). The van der Waals surface area contributed by atoms with Gasteiger partial charge in [-0.05, 0) is 68.3 Å². The summed E-state index contributed by atoms with van der Waals surface area (Å²) in [4.78, 5) is 2.15. The van der Waals surface area contributed by atoms with Crippen LogP contribution in [0.3, 0.4) is 0 Å². The Morgan fingerprint density at radius 1 is 1.11 bits per heavy atom. The smallest absolute Gasteiger partial charge is 0.227 e. The fourth-order valence-corrected chi connectivity index (χ4v) is 4.04. The SMILES string of the molecule is C=CCC[C@H](O)CN(Cc1ccco1)Cc1c(C)nn(-c2ccccc2)c1Oc1ccc(Cl)cc1. The number of benzene rings is 2. The number of rotatable bonds is 12. The number of hydrogen-bond donors (Lipinski definition) is 1. The first kappa shape index (κ1) is 24.8. The van der Waals surface area contributed by atoms with Crippen LogP contribution >= 0.6 is 11.6 Å². The van der Waals surface area contributed by atoms with E-state index in [1.807, 2.05) is 72.3 Å². The maximum atomic E-state index is 10.7. The molecule has 1 atom stereocenters. The van der Waals surface area contributed by atoms with Crippen molar-refractivity contribution in [1.29, 1.82) is 0 Å². The Hall–Kier alpha value is -3.32. The van der Waals surface area contributed by atoms with Crippen LogP contribution in [0.25, 0.3) is 5.69 Å². The van der Waals surface area contributed by atoms with Crippen LogP contribution in [0.4, 0.5) is 0 Å². The van der Waals surface area contributed by atoms with E-state index in [-0.39, 0.29) is 0 Å². The van der Waals surface area contributed by atoms with Gasteiger partial charge < -0.3 is 14.3 Å². The fraction of sp³-hybridized carbons (Fsp3) is 0.250. The third-order valence-corrected chi connectivity index (χ3v) is 5.93. The van der Waals surface area contributed by atoms with Crippen LogP contribution in [0.5, 0.6) is 11.6 Å². The highest BCUT2D eigenvalue weighted by molar-refractivity contribution is 6.30. The van der Waals surface area contributed by atoms with Crippen LogP contribution in [-0.4, -0.2) is 32.4 Å². The number of aliphatic hydroxyl groups excluding tert-OH is 1. The molecule has 1 N–H and O–H groups in total. The zero-order valence-electron chi connectivity index (χ0n) is 19.8. The third kappa shape index (κ3) is 6.63. The standard InChI is InChI=1S/C28H30ClN3O3/c1-3-4-11-24(33)18-31(19-26-12-8-17-34-26)20-27-21(2)30-32(23-9-6-5-7-10-23)28(27)35-25-15-13-22(29)14-16-25/h3,5-10,12-17,24,33H,1,4,11,18-20H2,2H3/t24-/m0/s1. The van der Waals surface area contributed by atoms with Gasteiger partial charge in [0.05, 0.1) is 35.9 Å². The summed E-state index contributed by atoms with van der Waals surface area (Å²) < 4.78 is 13.8. The highest BCUT2D eigenvalue weighted by atomic mass is 35.5. The Morgan fingerprint density at radius 2 is 1.89 bits per heavy atom. The predicted molar refractivity (Wildman–Crippen MR) is 138 cm³/mol. The highest BCUT2D eigenvalue weighted by Crippen LogP contribution is 2.32. The van der Waals surface area contributed by atoms with E-state index in [1.165, 1.54) is 0 Å². The molecule has 182 valence electrons. The number of para-hydroxylation sites is 1. The van der Waals surface area contributed by atoms with E-state index in [1.54, 1.807) is 18.4 Å². The number of aliphatic hydroxyl groups is 1. The molecule has 0 aliphatic heterocycles. The van der Waals surface area contributed by atoms with Crippen molar-refractivity contribution in [3.05, 3.63) is 108 Å². The van der Waals surface area contributed by atoms with Crippen molar-refractivity contribution >= 4 is 11.6 Å². The second kappa shape index (κ2) is 11.9. The summed E-state index contributed by atoms with van der Waals surface area (Å²) in [7, 11) is 0. The molecule has 2 aromatic heterocycles. The zero-order valence-corrected chi connectivity index (χ0v) is 20.6. The number of hydrogen-bond acceptors (Lipinski definition) is 5. The van der Waals surface area contributed by atoms with Crippen LogP contribution in [0.1, 0.15) is 29.9 Å². The third-order valence-electron chi connectivity index (χ3n) is 5.68. The molecule has 4 aromatic rings. The number of ether oxygens (including phenoxy) is 1. The van der Waals surface area contributed by atoms with Gasteiger partial charge in [-0.25, -0.2) is 4.68 Å². The lowest BCUT2D eigenvalue weighted by atomic mass is 10.1. The Labute approximate surface area is 211 Å². The molecule has 0 amide bonds. The lowest BCUT2D eigenvalue weighted by Crippen LogP contribution is -2.32. The quantitative estimate of drug-likeness (QED) is 0.228. The van der Waals surface area contributed by atoms with Crippen molar-refractivity contribution in [2.24, 2.45) is 0 Å². The summed E-state index contributed by atoms with van der Waals surface area (Å²) in [6.45, 7) is 7.29. The molecule has 0 aliphatic rings. The van der Waals surface area contributed by atoms with E-state index in [4.69, 9.17) is 25.9 Å². The lowest BCUT2D eigenvalue weighted by molar-refractivity contribution is 0.0939. The minimum Gasteiger partial charge on any atom is -0.468 e. The van der Waals surface area contributed by atoms with Crippen molar-refractivity contribution in [1.82, 2.24) is 14.7 Å². The van der Waals surface area contributed by atoms with Gasteiger partial charge in [-0.2, -0.15) is 5.10 Å². The summed E-state index contributed by atoms with van der Waals surface area (Å²) >= 11 is 6.08. The summed E-state index contributed by atoms with van der Waals surface area (Å²) in [5.74, 6) is 2.12. The van der Waals surface area contributed by atoms with E-state index in [2.05, 4.69) is 11.5 Å². The highest BCUT2D eigenvalue weighted by Gasteiger charge is 2.23. The van der Waals surface area contributed by atoms with Crippen molar-refractivity contribution < 1.29 is 14.3 Å². The first-order valence-corrected chi connectivity index (χ1v) is 12.0. The summed E-state index contributed by atoms with van der Waals surface area (Å²) in [6.07, 6.45) is 4.40. The normalized spacial score (nSPS) is 12.1. The second-order valence-electron chi connectivity index (χ2n) is 8.44. The minimum absolute atomic E-state index is 0.477. The van der Waals surface area contributed by atoms with Gasteiger partial charge in [0, 0.05) is 18.1 Å². The molecule has 35 heavy (non-hydrogen) atoms. The van der Waals surface area contributed by atoms with Gasteiger partial charge in [0.25, 0.3) is 0 Å². The van der Waals surface area contributed by atoms with Gasteiger partial charge in [-0.15, -0.1) is 6.58 Å².